The highest BCUT2D eigenvalue weighted by molar-refractivity contribution is 7.98. The minimum Gasteiger partial charge on any atom is -0.491 e. The van der Waals surface area contributed by atoms with Crippen LogP contribution >= 0.6 is 23.1 Å². The van der Waals surface area contributed by atoms with Crippen LogP contribution in [0.15, 0.2) is 58.9 Å². The molecule has 0 saturated heterocycles. The Hall–Kier alpha value is -4.20. The van der Waals surface area contributed by atoms with E-state index in [0.29, 0.717) is 38.5 Å². The molecule has 0 unspecified atom stereocenters. The minimum absolute atomic E-state index is 0.00892. The highest BCUT2D eigenvalue weighted by Gasteiger charge is 2.21. The first-order valence-corrected chi connectivity index (χ1v) is 13.0. The Kier molecular flexibility index (Phi) is 8.73. The van der Waals surface area contributed by atoms with Crippen LogP contribution in [0, 0.1) is 23.7 Å². The highest BCUT2D eigenvalue weighted by Crippen LogP contribution is 2.42. The van der Waals surface area contributed by atoms with Gasteiger partial charge in [-0.2, -0.15) is 5.26 Å². The second-order valence-electron chi connectivity index (χ2n) is 7.86. The Balaban J connectivity index is 1.56. The van der Waals surface area contributed by atoms with E-state index in [1.165, 1.54) is 35.2 Å². The number of hydrogen-bond acceptors (Lipinski definition) is 10. The second-order valence-corrected chi connectivity index (χ2v) is 9.69. The summed E-state index contributed by atoms with van der Waals surface area (Å²) in [6.07, 6.45) is -1.00. The number of aromatic nitrogens is 2. The maximum atomic E-state index is 13.4. The minimum atomic E-state index is -1.00. The SMILES string of the molecule is [C-]#[N+]c1c(N)nc(SCc2csc(Nc3cccc(F)c3)n2)c(C#N)c1-c1ccc(OC[C@@H](O)CO)cc1. The van der Waals surface area contributed by atoms with Gasteiger partial charge in [0.2, 0.25) is 5.69 Å². The van der Waals surface area contributed by atoms with Crippen molar-refractivity contribution in [2.24, 2.45) is 0 Å². The number of ether oxygens (including phenoxy) is 1. The number of thiazole rings is 1. The lowest BCUT2D eigenvalue weighted by molar-refractivity contribution is 0.0536. The maximum Gasteiger partial charge on any atom is 0.236 e. The van der Waals surface area contributed by atoms with E-state index in [-0.39, 0.29) is 29.5 Å². The molecule has 4 rings (SSSR count). The lowest BCUT2D eigenvalue weighted by Gasteiger charge is -2.14. The van der Waals surface area contributed by atoms with Gasteiger partial charge in [0.25, 0.3) is 0 Å². The average Bonchev–Trinajstić information content (AvgIpc) is 3.37. The predicted octanol–water partition coefficient (Wildman–Crippen LogP) is 5.12. The van der Waals surface area contributed by atoms with Crippen molar-refractivity contribution in [1.29, 1.82) is 5.26 Å². The number of hydrogen-bond donors (Lipinski definition) is 4. The number of nitrogen functional groups attached to an aromatic ring is 1. The van der Waals surface area contributed by atoms with E-state index in [0.717, 1.165) is 5.69 Å². The lowest BCUT2D eigenvalue weighted by atomic mass is 10.00. The Morgan fingerprint density at radius 2 is 2.05 bits per heavy atom. The Bertz CT molecular complexity index is 1520. The highest BCUT2D eigenvalue weighted by atomic mass is 32.2. The molecule has 2 aromatic heterocycles. The quantitative estimate of drug-likeness (QED) is 0.157. The van der Waals surface area contributed by atoms with E-state index >= 15 is 0 Å². The Morgan fingerprint density at radius 3 is 2.74 bits per heavy atom. The molecule has 0 radical (unpaired) electrons. The Morgan fingerprint density at radius 1 is 1.26 bits per heavy atom. The van der Waals surface area contributed by atoms with Crippen molar-refractivity contribution < 1.29 is 19.3 Å². The summed E-state index contributed by atoms with van der Waals surface area (Å²) in [5.41, 5.74) is 8.66. The molecule has 0 aliphatic rings. The molecular weight excluding hydrogens is 527 g/mol. The van der Waals surface area contributed by atoms with Gasteiger partial charge >= 0.3 is 0 Å². The van der Waals surface area contributed by atoms with E-state index in [1.807, 2.05) is 5.38 Å². The van der Waals surface area contributed by atoms with Crippen molar-refractivity contribution in [2.75, 3.05) is 24.3 Å². The van der Waals surface area contributed by atoms with Crippen molar-refractivity contribution in [2.45, 2.75) is 16.9 Å². The van der Waals surface area contributed by atoms with Gasteiger partial charge in [0, 0.05) is 22.4 Å². The van der Waals surface area contributed by atoms with E-state index in [4.69, 9.17) is 22.1 Å². The van der Waals surface area contributed by atoms with Gasteiger partial charge in [0.05, 0.1) is 24.4 Å². The molecule has 2 heterocycles. The zero-order valence-corrected chi connectivity index (χ0v) is 21.4. The fourth-order valence-corrected chi connectivity index (χ4v) is 5.12. The summed E-state index contributed by atoms with van der Waals surface area (Å²) in [5.74, 6) is 0.497. The summed E-state index contributed by atoms with van der Waals surface area (Å²) in [4.78, 5) is 12.4. The van der Waals surface area contributed by atoms with Crippen LogP contribution in [0.1, 0.15) is 11.3 Å². The molecule has 0 bridgehead atoms. The number of pyridine rings is 1. The first-order valence-electron chi connectivity index (χ1n) is 11.1. The summed E-state index contributed by atoms with van der Waals surface area (Å²) in [6, 6.07) is 14.9. The van der Waals surface area contributed by atoms with Gasteiger partial charge < -0.3 is 26.0 Å². The zero-order chi connectivity index (χ0) is 27.1. The standard InChI is InChI=1S/C26H21FN6O3S2/c1-30-23-22(15-5-7-20(8-6-15)36-12-19(35)11-34)21(10-28)25(33-24(23)29)37-13-18-14-38-26(32-18)31-17-4-2-3-16(27)9-17/h2-9,14,19,34-35H,11-13H2,(H2,29,33)(H,31,32)/t19-/m0/s1. The number of thioether (sulfide) groups is 1. The van der Waals surface area contributed by atoms with Crippen molar-refractivity contribution in [3.63, 3.8) is 0 Å². The number of nitrogens with two attached hydrogens (primary N) is 1. The molecule has 4 aromatic rings. The van der Waals surface area contributed by atoms with Crippen molar-refractivity contribution in [1.82, 2.24) is 9.97 Å². The number of nitrogens with one attached hydrogen (secondary N) is 1. The molecular formula is C26H21FN6O3S2. The molecule has 0 amide bonds. The summed E-state index contributed by atoms with van der Waals surface area (Å²) < 4.78 is 18.9. The maximum absolute atomic E-state index is 13.4. The van der Waals surface area contributed by atoms with Crippen molar-refractivity contribution in [3.8, 4) is 22.9 Å². The number of nitriles is 1. The Labute approximate surface area is 226 Å². The number of anilines is 3. The van der Waals surface area contributed by atoms with Crippen LogP contribution in [-0.2, 0) is 5.75 Å². The van der Waals surface area contributed by atoms with Crippen LogP contribution in [0.4, 0.5) is 26.7 Å². The molecule has 38 heavy (non-hydrogen) atoms. The van der Waals surface area contributed by atoms with Crippen LogP contribution in [-0.4, -0.2) is 39.5 Å². The van der Waals surface area contributed by atoms with E-state index in [1.54, 1.807) is 36.4 Å². The number of aliphatic hydroxyl groups is 2. The fraction of sp³-hybridized carbons (Fsp3) is 0.154. The first-order chi connectivity index (χ1) is 18.4. The van der Waals surface area contributed by atoms with Crippen LogP contribution in [0.3, 0.4) is 0 Å². The van der Waals surface area contributed by atoms with Gasteiger partial charge in [-0.25, -0.2) is 19.2 Å². The zero-order valence-electron chi connectivity index (χ0n) is 19.8. The fourth-order valence-electron chi connectivity index (χ4n) is 3.40. The summed E-state index contributed by atoms with van der Waals surface area (Å²) in [7, 11) is 0. The first kappa shape index (κ1) is 26.9. The lowest BCUT2D eigenvalue weighted by Crippen LogP contribution is -2.21. The molecule has 1 atom stereocenters. The third-order valence-electron chi connectivity index (χ3n) is 5.17. The number of rotatable bonds is 10. The molecule has 0 aliphatic heterocycles. The topological polar surface area (TPSA) is 142 Å². The van der Waals surface area contributed by atoms with Crippen molar-refractivity contribution in [3.05, 3.63) is 82.4 Å². The number of aliphatic hydroxyl groups excluding tert-OH is 2. The van der Waals surface area contributed by atoms with Gasteiger partial charge in [-0.3, -0.25) is 0 Å². The summed E-state index contributed by atoms with van der Waals surface area (Å²) >= 11 is 2.63. The number of benzene rings is 2. The molecule has 9 nitrogen and oxygen atoms in total. The largest absolute Gasteiger partial charge is 0.491 e. The third-order valence-corrected chi connectivity index (χ3v) is 6.98. The molecule has 2 aromatic carbocycles. The number of halogens is 1. The van der Waals surface area contributed by atoms with Crippen LogP contribution in [0.25, 0.3) is 16.0 Å². The summed E-state index contributed by atoms with van der Waals surface area (Å²) in [5, 5.41) is 34.3. The monoisotopic (exact) mass is 548 g/mol. The number of nitrogens with zero attached hydrogens (tertiary/aromatic N) is 4. The van der Waals surface area contributed by atoms with E-state index in [2.05, 4.69) is 26.2 Å². The van der Waals surface area contributed by atoms with Gasteiger partial charge in [0.1, 0.15) is 41.2 Å². The summed E-state index contributed by atoms with van der Waals surface area (Å²) in [6.45, 7) is 7.12. The predicted molar refractivity (Wildman–Crippen MR) is 145 cm³/mol. The molecule has 12 heteroatoms. The van der Waals surface area contributed by atoms with Gasteiger partial charge in [-0.15, -0.1) is 11.3 Å². The average molecular weight is 549 g/mol. The molecule has 0 aliphatic carbocycles. The smallest absolute Gasteiger partial charge is 0.236 e. The molecule has 0 saturated carbocycles. The molecule has 0 spiro atoms. The van der Waals surface area contributed by atoms with Gasteiger partial charge in [-0.1, -0.05) is 30.0 Å². The van der Waals surface area contributed by atoms with Crippen LogP contribution in [0.2, 0.25) is 0 Å². The van der Waals surface area contributed by atoms with Crippen molar-refractivity contribution >= 4 is 45.4 Å². The molecule has 0 fully saturated rings. The van der Waals surface area contributed by atoms with Gasteiger partial charge in [0.15, 0.2) is 5.13 Å². The normalized spacial score (nSPS) is 11.4. The van der Waals surface area contributed by atoms with Crippen LogP contribution < -0.4 is 15.8 Å². The van der Waals surface area contributed by atoms with E-state index in [9.17, 15) is 14.8 Å². The second kappa shape index (κ2) is 12.4. The van der Waals surface area contributed by atoms with Gasteiger partial charge in [-0.05, 0) is 35.9 Å². The molecule has 192 valence electrons. The van der Waals surface area contributed by atoms with E-state index < -0.39 is 12.7 Å². The third kappa shape index (κ3) is 6.37. The molecule has 5 N–H and O–H groups in total. The van der Waals surface area contributed by atoms with Crippen LogP contribution in [0.5, 0.6) is 5.75 Å².